The monoisotopic (exact) mass is 665 g/mol. The van der Waals surface area contributed by atoms with Gasteiger partial charge in [0.2, 0.25) is 0 Å². The molecule has 1 N–H and O–H groups in total. The largest absolute Gasteiger partial charge is 0.454 e. The molecular formula is C40H72O7. The van der Waals surface area contributed by atoms with E-state index in [0.29, 0.717) is 12.8 Å². The van der Waals surface area contributed by atoms with E-state index in [-0.39, 0.29) is 6.42 Å². The number of hydrogen-bond acceptors (Lipinski definition) is 7. The topological polar surface area (TPSA) is 99.1 Å². The zero-order valence-electron chi connectivity index (χ0n) is 30.8. The third-order valence-corrected chi connectivity index (χ3v) is 10.2. The Morgan fingerprint density at radius 2 is 1.02 bits per heavy atom. The molecule has 2 heterocycles. The van der Waals surface area contributed by atoms with Crippen LogP contribution >= 0.6 is 0 Å². The van der Waals surface area contributed by atoms with Gasteiger partial charge in [-0.3, -0.25) is 9.59 Å². The van der Waals surface area contributed by atoms with Gasteiger partial charge in [-0.2, -0.15) is 0 Å². The maximum Gasteiger partial charge on any atom is 0.342 e. The highest BCUT2D eigenvalue weighted by molar-refractivity contribution is 5.92. The van der Waals surface area contributed by atoms with Crippen molar-refractivity contribution < 1.29 is 33.7 Å². The maximum atomic E-state index is 13.0. The van der Waals surface area contributed by atoms with Crippen LogP contribution in [0.5, 0.6) is 0 Å². The van der Waals surface area contributed by atoms with E-state index in [0.717, 1.165) is 44.4 Å². The zero-order chi connectivity index (χ0) is 34.2. The molecule has 0 aromatic rings. The quantitative estimate of drug-likeness (QED) is 0.0627. The second kappa shape index (κ2) is 24.5. The van der Waals surface area contributed by atoms with Crippen molar-refractivity contribution in [1.29, 1.82) is 0 Å². The van der Waals surface area contributed by atoms with Crippen molar-refractivity contribution in [3.8, 4) is 0 Å². The SMILES string of the molecule is CCCCCCCCCCCCCCCCC12OC(=O)CC(O)(CC(=O)OC1CCCCCCCCCCCCCC(C)C)C(=O)O2. The van der Waals surface area contributed by atoms with Crippen LogP contribution < -0.4 is 0 Å². The molecule has 274 valence electrons. The van der Waals surface area contributed by atoms with Gasteiger partial charge in [-0.05, 0) is 25.2 Å². The number of hydrogen-bond donors (Lipinski definition) is 1. The molecule has 0 aromatic carbocycles. The van der Waals surface area contributed by atoms with Crippen LogP contribution in [0, 0.1) is 5.92 Å². The Hall–Kier alpha value is -1.63. The Morgan fingerprint density at radius 1 is 0.596 bits per heavy atom. The minimum absolute atomic E-state index is 0.272. The van der Waals surface area contributed by atoms with Crippen LogP contribution in [0.2, 0.25) is 0 Å². The molecule has 3 unspecified atom stereocenters. The Morgan fingerprint density at radius 3 is 1.51 bits per heavy atom. The highest BCUT2D eigenvalue weighted by Gasteiger charge is 2.58. The van der Waals surface area contributed by atoms with Gasteiger partial charge in [0.05, 0.1) is 12.8 Å². The number of esters is 3. The van der Waals surface area contributed by atoms with Gasteiger partial charge in [0.15, 0.2) is 11.7 Å². The molecule has 0 spiro atoms. The van der Waals surface area contributed by atoms with Gasteiger partial charge in [-0.25, -0.2) is 4.79 Å². The summed E-state index contributed by atoms with van der Waals surface area (Å²) in [6.45, 7) is 6.85. The van der Waals surface area contributed by atoms with Crippen LogP contribution in [-0.4, -0.2) is 40.5 Å². The summed E-state index contributed by atoms with van der Waals surface area (Å²) < 4.78 is 17.4. The van der Waals surface area contributed by atoms with Crippen LogP contribution in [0.3, 0.4) is 0 Å². The Labute approximate surface area is 288 Å². The molecule has 3 atom stereocenters. The highest BCUT2D eigenvalue weighted by atomic mass is 16.8. The standard InChI is InChI=1S/C40H72O7/c1-4-5-6-7-8-9-10-11-12-16-19-22-25-28-31-40-35(45-36(41)32-39(44,38(43)47-40)33-37(42)46-40)30-27-24-21-18-15-13-14-17-20-23-26-29-34(2)3/h34-35,44H,4-33H2,1-3H3. The second-order valence-corrected chi connectivity index (χ2v) is 15.2. The van der Waals surface area contributed by atoms with Crippen molar-refractivity contribution in [1.82, 2.24) is 0 Å². The first-order chi connectivity index (χ1) is 22.7. The van der Waals surface area contributed by atoms with E-state index in [1.807, 2.05) is 0 Å². The van der Waals surface area contributed by atoms with E-state index < -0.39 is 48.2 Å². The van der Waals surface area contributed by atoms with Crippen LogP contribution in [-0.2, 0) is 28.6 Å². The van der Waals surface area contributed by atoms with E-state index in [9.17, 15) is 19.5 Å². The number of cyclic esters (lactones) is 1. The van der Waals surface area contributed by atoms with Crippen LogP contribution in [0.1, 0.15) is 213 Å². The highest BCUT2D eigenvalue weighted by Crippen LogP contribution is 2.40. The van der Waals surface area contributed by atoms with Crippen molar-refractivity contribution in [3.63, 3.8) is 0 Å². The molecule has 0 aromatic heterocycles. The molecule has 2 aliphatic heterocycles. The fourth-order valence-corrected chi connectivity index (χ4v) is 7.19. The first-order valence-electron chi connectivity index (χ1n) is 20.1. The Kier molecular flexibility index (Phi) is 21.7. The van der Waals surface area contributed by atoms with Crippen molar-refractivity contribution in [3.05, 3.63) is 0 Å². The lowest BCUT2D eigenvalue weighted by molar-refractivity contribution is -0.273. The summed E-state index contributed by atoms with van der Waals surface area (Å²) in [5, 5.41) is 10.8. The molecule has 2 rings (SSSR count). The average Bonchev–Trinajstić information content (AvgIpc) is 3.08. The summed E-state index contributed by atoms with van der Waals surface area (Å²) in [7, 11) is 0. The Bertz CT molecular complexity index is 858. The third kappa shape index (κ3) is 17.5. The molecule has 0 radical (unpaired) electrons. The number of carbonyl (C=O) groups is 3. The molecule has 0 aliphatic carbocycles. The minimum atomic E-state index is -2.23. The number of ether oxygens (including phenoxy) is 3. The summed E-state index contributed by atoms with van der Waals surface area (Å²) in [5.41, 5.74) is -2.23. The molecule has 0 saturated carbocycles. The predicted octanol–water partition coefficient (Wildman–Crippen LogP) is 10.8. The van der Waals surface area contributed by atoms with Gasteiger partial charge in [-0.15, -0.1) is 0 Å². The van der Waals surface area contributed by atoms with Gasteiger partial charge in [0.25, 0.3) is 5.79 Å². The van der Waals surface area contributed by atoms with Gasteiger partial charge < -0.3 is 19.3 Å². The summed E-state index contributed by atoms with van der Waals surface area (Å²) >= 11 is 0. The molecule has 7 heteroatoms. The first kappa shape index (κ1) is 41.5. The molecule has 2 bridgehead atoms. The van der Waals surface area contributed by atoms with Crippen molar-refractivity contribution >= 4 is 17.9 Å². The lowest BCUT2D eigenvalue weighted by atomic mass is 9.93. The van der Waals surface area contributed by atoms with Crippen molar-refractivity contribution in [2.45, 2.75) is 231 Å². The fourth-order valence-electron chi connectivity index (χ4n) is 7.19. The molecule has 2 aliphatic rings. The van der Waals surface area contributed by atoms with E-state index in [1.165, 1.54) is 122 Å². The molecule has 47 heavy (non-hydrogen) atoms. The molecule has 2 saturated heterocycles. The van der Waals surface area contributed by atoms with Crippen molar-refractivity contribution in [2.24, 2.45) is 5.92 Å². The van der Waals surface area contributed by atoms with Crippen LogP contribution in [0.25, 0.3) is 0 Å². The molecule has 7 nitrogen and oxygen atoms in total. The Balaban J connectivity index is 1.73. The molecular weight excluding hydrogens is 592 g/mol. The van der Waals surface area contributed by atoms with Crippen LogP contribution in [0.15, 0.2) is 0 Å². The second-order valence-electron chi connectivity index (χ2n) is 15.2. The average molecular weight is 665 g/mol. The number of rotatable bonds is 29. The van der Waals surface area contributed by atoms with E-state index in [1.54, 1.807) is 0 Å². The zero-order valence-corrected chi connectivity index (χ0v) is 30.8. The third-order valence-electron chi connectivity index (χ3n) is 10.2. The number of carbonyl (C=O) groups excluding carboxylic acids is 3. The first-order valence-corrected chi connectivity index (χ1v) is 20.1. The van der Waals surface area contributed by atoms with Gasteiger partial charge >= 0.3 is 17.9 Å². The lowest BCUT2D eigenvalue weighted by Gasteiger charge is -2.39. The van der Waals surface area contributed by atoms with Gasteiger partial charge in [0.1, 0.15) is 0 Å². The van der Waals surface area contributed by atoms with E-state index in [2.05, 4.69) is 20.8 Å². The molecule has 0 amide bonds. The summed E-state index contributed by atoms with van der Waals surface area (Å²) in [6, 6.07) is 0. The summed E-state index contributed by atoms with van der Waals surface area (Å²) in [6.07, 6.45) is 30.3. The predicted molar refractivity (Wildman–Crippen MR) is 189 cm³/mol. The minimum Gasteiger partial charge on any atom is -0.454 e. The van der Waals surface area contributed by atoms with Crippen LogP contribution in [0.4, 0.5) is 0 Å². The lowest BCUT2D eigenvalue weighted by Crippen LogP contribution is -2.55. The van der Waals surface area contributed by atoms with E-state index >= 15 is 0 Å². The normalized spacial score (nSPS) is 22.9. The number of unbranched alkanes of at least 4 members (excludes halogenated alkanes) is 23. The number of fused-ring (bicyclic) bond motifs is 3. The van der Waals surface area contributed by atoms with Gasteiger partial charge in [0, 0.05) is 6.42 Å². The smallest absolute Gasteiger partial charge is 0.342 e. The fraction of sp³-hybridized carbons (Fsp3) is 0.925. The maximum absolute atomic E-state index is 13.0. The number of aliphatic hydroxyl groups is 1. The van der Waals surface area contributed by atoms with Gasteiger partial charge in [-0.1, -0.05) is 175 Å². The molecule has 2 fully saturated rings. The van der Waals surface area contributed by atoms with E-state index in [4.69, 9.17) is 14.2 Å². The summed E-state index contributed by atoms with van der Waals surface area (Å²) in [5.74, 6) is -3.20. The summed E-state index contributed by atoms with van der Waals surface area (Å²) in [4.78, 5) is 38.7. The van der Waals surface area contributed by atoms with Crippen molar-refractivity contribution in [2.75, 3.05) is 0 Å².